The molecule has 0 fully saturated rings. The summed E-state index contributed by atoms with van der Waals surface area (Å²) < 4.78 is 51.1. The Bertz CT molecular complexity index is 221. The van der Waals surface area contributed by atoms with Gasteiger partial charge in [-0.2, -0.15) is 4.80 Å². The van der Waals surface area contributed by atoms with Gasteiger partial charge in [0.25, 0.3) is 5.95 Å². The number of hydrogen-bond acceptors (Lipinski definition) is 10. The molecule has 1 aromatic rings. The van der Waals surface area contributed by atoms with Crippen molar-refractivity contribution in [3.8, 4) is 0 Å². The minimum atomic E-state index is -3.65. The van der Waals surface area contributed by atoms with Crippen LogP contribution in [0.25, 0.3) is 0 Å². The molecule has 0 bridgehead atoms. The second-order valence-corrected chi connectivity index (χ2v) is 3.10. The van der Waals surface area contributed by atoms with Gasteiger partial charge in [-0.25, -0.2) is 0 Å². The molecule has 0 saturated heterocycles. The van der Waals surface area contributed by atoms with Crippen LogP contribution in [-0.4, -0.2) is 20.2 Å². The Morgan fingerprint density at radius 2 is 1.38 bits per heavy atom. The van der Waals surface area contributed by atoms with Gasteiger partial charge >= 0.3 is 17.1 Å². The van der Waals surface area contributed by atoms with Crippen molar-refractivity contribution in [2.24, 2.45) is 7.05 Å². The SMILES string of the molecule is Cn1nnc(N)n1.[Cu+2].[O-][Br+2]([O-])[O-].[O-][Br+2]([O-])[O-]. The zero-order chi connectivity index (χ0) is 12.4. The summed E-state index contributed by atoms with van der Waals surface area (Å²) in [5, 5.41) is 10.4. The standard InChI is InChI=1S/C2H5N5.2BrO3.Cu/c1-7-5-2(3)4-6-7;2*2-1(3)4;/h1H3,(H2,3,5);;;/q;2*-1;+2. The van der Waals surface area contributed by atoms with Gasteiger partial charge in [-0.05, 0) is 5.21 Å². The Balaban J connectivity index is -0.000000166. The molecule has 1 heterocycles. The number of rotatable bonds is 0. The maximum absolute atomic E-state index is 8.52. The van der Waals surface area contributed by atoms with E-state index in [9.17, 15) is 0 Å². The molecule has 0 aliphatic carbocycles. The first-order valence-electron chi connectivity index (χ1n) is 2.71. The van der Waals surface area contributed by atoms with Crippen molar-refractivity contribution in [3.05, 3.63) is 0 Å². The normalized spacial score (nSPS) is 8.56. The minimum Gasteiger partial charge on any atom is -0.405 e. The zero-order valence-corrected chi connectivity index (χ0v) is 11.5. The molecule has 0 spiro atoms. The summed E-state index contributed by atoms with van der Waals surface area (Å²) in [6.45, 7) is 0. The van der Waals surface area contributed by atoms with E-state index in [-0.39, 0.29) is 23.0 Å². The fraction of sp³-hybridized carbons (Fsp3) is 0.500. The van der Waals surface area contributed by atoms with Gasteiger partial charge < -0.3 is 30.9 Å². The quantitative estimate of drug-likeness (QED) is 0.393. The summed E-state index contributed by atoms with van der Waals surface area (Å²) in [5.41, 5.74) is 5.07. The van der Waals surface area contributed by atoms with Gasteiger partial charge in [0.05, 0.1) is 7.05 Å². The number of aromatic nitrogens is 4. The van der Waals surface area contributed by atoms with Crippen molar-refractivity contribution in [2.45, 2.75) is 0 Å². The van der Waals surface area contributed by atoms with Crippen LogP contribution in [0.2, 0.25) is 0 Å². The number of aryl methyl sites for hydroxylation is 1. The minimum absolute atomic E-state index is 0. The third kappa shape index (κ3) is 29.2. The van der Waals surface area contributed by atoms with Crippen LogP contribution < -0.4 is 30.9 Å². The van der Waals surface area contributed by atoms with Crippen LogP contribution in [0.4, 0.5) is 5.95 Å². The molecular weight excluding hydrogens is 413 g/mol. The number of nitrogen functional groups attached to an aromatic ring is 1. The molecule has 16 heavy (non-hydrogen) atoms. The number of tetrazole rings is 1. The summed E-state index contributed by atoms with van der Waals surface area (Å²) in [7, 11) is 1.66. The van der Waals surface area contributed by atoms with Crippen molar-refractivity contribution in [1.82, 2.24) is 20.2 Å². The van der Waals surface area contributed by atoms with Crippen molar-refractivity contribution in [3.63, 3.8) is 0 Å². The molecule has 11 nitrogen and oxygen atoms in total. The maximum atomic E-state index is 8.52. The molecule has 0 aliphatic rings. The largest absolute Gasteiger partial charge is 2.00 e. The van der Waals surface area contributed by atoms with Crippen LogP contribution in [0.3, 0.4) is 0 Å². The zero-order valence-electron chi connectivity index (χ0n) is 7.37. The molecule has 0 aliphatic heterocycles. The molecule has 2 N–H and O–H groups in total. The average Bonchev–Trinajstić information content (AvgIpc) is 2.31. The van der Waals surface area contributed by atoms with Gasteiger partial charge in [0.2, 0.25) is 29.6 Å². The Morgan fingerprint density at radius 1 is 1.06 bits per heavy atom. The molecular formula is C2H5Br2CuN5O6. The Morgan fingerprint density at radius 3 is 1.44 bits per heavy atom. The van der Waals surface area contributed by atoms with E-state index in [2.05, 4.69) is 15.4 Å². The third-order valence-corrected chi connectivity index (χ3v) is 0.524. The fourth-order valence-corrected chi connectivity index (χ4v) is 0.299. The Labute approximate surface area is 111 Å². The average molecular weight is 418 g/mol. The second-order valence-electron chi connectivity index (χ2n) is 1.52. The van der Waals surface area contributed by atoms with Crippen LogP contribution in [0.5, 0.6) is 0 Å². The Kier molecular flexibility index (Phi) is 17.6. The number of halogens is 2. The van der Waals surface area contributed by atoms with Gasteiger partial charge in [-0.1, -0.05) is 5.10 Å². The van der Waals surface area contributed by atoms with Gasteiger partial charge in [0.1, 0.15) is 0 Å². The number of hydrogen-bond donors (Lipinski definition) is 1. The fourth-order valence-electron chi connectivity index (χ4n) is 0.299. The van der Waals surface area contributed by atoms with E-state index in [4.69, 9.17) is 30.9 Å². The molecule has 1 rings (SSSR count). The van der Waals surface area contributed by atoms with Crippen molar-refractivity contribution in [1.29, 1.82) is 0 Å². The van der Waals surface area contributed by atoms with Crippen LogP contribution in [0, 0.1) is 29.6 Å². The second kappa shape index (κ2) is 13.2. The topological polar surface area (TPSA) is 208 Å². The number of nitrogens with two attached hydrogens (primary N) is 1. The predicted octanol–water partition coefficient (Wildman–Crippen LogP) is -8.34. The summed E-state index contributed by atoms with van der Waals surface area (Å²) in [5.74, 6) is 0.211. The van der Waals surface area contributed by atoms with Crippen LogP contribution in [0.15, 0.2) is 0 Å². The molecule has 0 unspecified atom stereocenters. The van der Waals surface area contributed by atoms with Crippen molar-refractivity contribution < 1.29 is 71.9 Å². The first-order valence-corrected chi connectivity index (χ1v) is 6.59. The van der Waals surface area contributed by atoms with Crippen LogP contribution in [0.1, 0.15) is 0 Å². The van der Waals surface area contributed by atoms with E-state index in [1.807, 2.05) is 0 Å². The van der Waals surface area contributed by atoms with Crippen molar-refractivity contribution in [2.75, 3.05) is 5.73 Å². The van der Waals surface area contributed by atoms with Gasteiger partial charge in [0.15, 0.2) is 0 Å². The molecule has 99 valence electrons. The third-order valence-electron chi connectivity index (χ3n) is 0.524. The molecule has 0 saturated carbocycles. The molecule has 0 amide bonds. The first-order chi connectivity index (χ1) is 6.75. The first kappa shape index (κ1) is 21.4. The number of nitrogens with zero attached hydrogens (tertiary/aromatic N) is 4. The maximum Gasteiger partial charge on any atom is 2.00 e. The van der Waals surface area contributed by atoms with E-state index in [1.54, 1.807) is 7.05 Å². The molecule has 0 aromatic carbocycles. The molecule has 1 aromatic heterocycles. The summed E-state index contributed by atoms with van der Waals surface area (Å²) in [6.07, 6.45) is 0. The summed E-state index contributed by atoms with van der Waals surface area (Å²) >= 11 is -7.29. The van der Waals surface area contributed by atoms with Gasteiger partial charge in [-0.15, -0.1) is 5.10 Å². The smallest absolute Gasteiger partial charge is 0.405 e. The monoisotopic (exact) mass is 416 g/mol. The number of anilines is 1. The predicted molar refractivity (Wildman–Crippen MR) is 23.2 cm³/mol. The van der Waals surface area contributed by atoms with Crippen molar-refractivity contribution >= 4 is 5.95 Å². The van der Waals surface area contributed by atoms with E-state index >= 15 is 0 Å². The molecule has 14 heteroatoms. The van der Waals surface area contributed by atoms with E-state index in [0.29, 0.717) is 0 Å². The molecule has 0 atom stereocenters. The van der Waals surface area contributed by atoms with Crippen LogP contribution >= 0.6 is 0 Å². The van der Waals surface area contributed by atoms with E-state index in [1.165, 1.54) is 4.80 Å². The van der Waals surface area contributed by atoms with Gasteiger partial charge in [-0.3, -0.25) is 0 Å². The van der Waals surface area contributed by atoms with Crippen LogP contribution in [-0.2, 0) is 24.1 Å². The Hall–Kier alpha value is 0.109. The van der Waals surface area contributed by atoms with Gasteiger partial charge in [0, 0.05) is 0 Å². The summed E-state index contributed by atoms with van der Waals surface area (Å²) in [4.78, 5) is 1.30. The van der Waals surface area contributed by atoms with E-state index in [0.717, 1.165) is 0 Å². The molecule has 1 radical (unpaired) electrons. The van der Waals surface area contributed by atoms with E-state index < -0.39 is 29.6 Å². The summed E-state index contributed by atoms with van der Waals surface area (Å²) in [6, 6.07) is 0.